The number of dihydropyridines is 1. The first-order chi connectivity index (χ1) is 15.5. The normalized spacial score (nSPS) is 22.6. The van der Waals surface area contributed by atoms with Crippen LogP contribution in [0.25, 0.3) is 0 Å². The zero-order valence-electron chi connectivity index (χ0n) is 17.7. The fourth-order valence-corrected chi connectivity index (χ4v) is 4.61. The minimum Gasteiger partial charge on any atom is -0.366 e. The molecule has 0 spiro atoms. The molecule has 0 radical (unpaired) electrons. The molecule has 1 aromatic rings. The van der Waals surface area contributed by atoms with E-state index in [1.165, 1.54) is 21.6 Å². The highest BCUT2D eigenvalue weighted by Crippen LogP contribution is 2.33. The summed E-state index contributed by atoms with van der Waals surface area (Å²) < 4.78 is 40.5. The molecule has 4 heterocycles. The molecule has 1 unspecified atom stereocenters. The SMILES string of the molecule is C[C@@H](NC(=O)C1C=CC2=C(N1)N(C(=O)Nc1cc(Br)cn(C)c1=O)[C@H]1CCN2C1)C(F)(F)F. The number of hydrogen-bond donors (Lipinski definition) is 3. The summed E-state index contributed by atoms with van der Waals surface area (Å²) in [6.45, 7) is 2.11. The van der Waals surface area contributed by atoms with Gasteiger partial charge in [0.2, 0.25) is 5.91 Å². The topological polar surface area (TPSA) is 98.7 Å². The van der Waals surface area contributed by atoms with Crippen LogP contribution in [-0.4, -0.2) is 63.7 Å². The molecule has 0 saturated carbocycles. The molecule has 4 rings (SSSR count). The van der Waals surface area contributed by atoms with Crippen LogP contribution in [0.5, 0.6) is 0 Å². The molecule has 178 valence electrons. The monoisotopic (exact) mass is 530 g/mol. The van der Waals surface area contributed by atoms with Crippen LogP contribution in [0.4, 0.5) is 23.7 Å². The Balaban J connectivity index is 1.58. The van der Waals surface area contributed by atoms with Crippen molar-refractivity contribution in [3.63, 3.8) is 0 Å². The van der Waals surface area contributed by atoms with Crippen LogP contribution in [0.3, 0.4) is 0 Å². The van der Waals surface area contributed by atoms with E-state index < -0.39 is 35.8 Å². The molecule has 13 heteroatoms. The van der Waals surface area contributed by atoms with Gasteiger partial charge >= 0.3 is 12.2 Å². The first kappa shape index (κ1) is 23.2. The third-order valence-corrected chi connectivity index (χ3v) is 6.27. The van der Waals surface area contributed by atoms with Crippen molar-refractivity contribution in [2.45, 2.75) is 37.6 Å². The maximum Gasteiger partial charge on any atom is 0.408 e. The molecule has 1 fully saturated rings. The molecule has 0 aromatic carbocycles. The Bertz CT molecular complexity index is 1120. The maximum atomic E-state index is 13.3. The summed E-state index contributed by atoms with van der Waals surface area (Å²) in [5.74, 6) is -0.549. The van der Waals surface area contributed by atoms with E-state index in [-0.39, 0.29) is 11.7 Å². The van der Waals surface area contributed by atoms with Crippen molar-refractivity contribution in [1.29, 1.82) is 0 Å². The van der Waals surface area contributed by atoms with Crippen molar-refractivity contribution in [1.82, 2.24) is 25.0 Å². The summed E-state index contributed by atoms with van der Waals surface area (Å²) in [6.07, 6.45) is 0.752. The van der Waals surface area contributed by atoms with Crippen LogP contribution < -0.4 is 21.5 Å². The van der Waals surface area contributed by atoms with Crippen molar-refractivity contribution in [3.8, 4) is 0 Å². The number of aromatic nitrogens is 1. The number of alkyl halides is 3. The van der Waals surface area contributed by atoms with E-state index in [0.717, 1.165) is 6.92 Å². The molecule has 3 N–H and O–H groups in total. The number of halogens is 4. The van der Waals surface area contributed by atoms with E-state index in [0.29, 0.717) is 35.5 Å². The van der Waals surface area contributed by atoms with E-state index in [1.54, 1.807) is 19.3 Å². The minimum absolute atomic E-state index is 0.0686. The summed E-state index contributed by atoms with van der Waals surface area (Å²) in [5, 5.41) is 7.49. The summed E-state index contributed by atoms with van der Waals surface area (Å²) >= 11 is 3.29. The Morgan fingerprint density at radius 1 is 1.33 bits per heavy atom. The molecule has 3 atom stereocenters. The average molecular weight is 531 g/mol. The minimum atomic E-state index is -4.57. The van der Waals surface area contributed by atoms with Crippen molar-refractivity contribution in [2.75, 3.05) is 18.4 Å². The van der Waals surface area contributed by atoms with E-state index in [1.807, 2.05) is 10.2 Å². The Hall–Kier alpha value is -2.96. The van der Waals surface area contributed by atoms with Gasteiger partial charge in [-0.05, 0) is 41.4 Å². The van der Waals surface area contributed by atoms with E-state index >= 15 is 0 Å². The number of rotatable bonds is 3. The van der Waals surface area contributed by atoms with Crippen LogP contribution in [-0.2, 0) is 11.8 Å². The Morgan fingerprint density at radius 2 is 2.06 bits per heavy atom. The lowest BCUT2D eigenvalue weighted by Crippen LogP contribution is -2.57. The summed E-state index contributed by atoms with van der Waals surface area (Å²) in [5.41, 5.74) is 0.328. The van der Waals surface area contributed by atoms with Crippen LogP contribution in [0, 0.1) is 0 Å². The van der Waals surface area contributed by atoms with Crippen molar-refractivity contribution in [3.05, 3.63) is 50.8 Å². The number of urea groups is 1. The standard InChI is InChI=1S/C20H22BrF3N6O3/c1-10(20(22,23)24)25-17(31)13-3-4-15-16(26-13)30(12-5-6-29(15)9-12)19(33)27-14-7-11(21)8-28(2)18(14)32/h3-4,7-8,10,12-13,26H,5-6,9H2,1-2H3,(H,25,31)(H,27,33)/t10-,12+,13?/m1/s1. The van der Waals surface area contributed by atoms with Gasteiger partial charge in [-0.2, -0.15) is 13.2 Å². The van der Waals surface area contributed by atoms with Crippen molar-refractivity contribution < 1.29 is 22.8 Å². The number of nitrogens with one attached hydrogen (secondary N) is 3. The van der Waals surface area contributed by atoms with Crippen molar-refractivity contribution >= 4 is 33.6 Å². The summed E-state index contributed by atoms with van der Waals surface area (Å²) in [7, 11) is 1.55. The number of pyridine rings is 1. The number of aryl methyl sites for hydroxylation is 1. The molecule has 9 nitrogen and oxygen atoms in total. The van der Waals surface area contributed by atoms with Gasteiger partial charge in [0.1, 0.15) is 23.6 Å². The van der Waals surface area contributed by atoms with Crippen LogP contribution >= 0.6 is 15.9 Å². The number of hydrogen-bond acceptors (Lipinski definition) is 5. The maximum absolute atomic E-state index is 13.3. The number of nitrogens with zero attached hydrogens (tertiary/aromatic N) is 3. The van der Waals surface area contributed by atoms with Gasteiger partial charge in [0.05, 0.1) is 11.7 Å². The predicted molar refractivity (Wildman–Crippen MR) is 117 cm³/mol. The molecule has 33 heavy (non-hydrogen) atoms. The molecular formula is C20H22BrF3N6O3. The molecule has 2 bridgehead atoms. The molecule has 1 aromatic heterocycles. The second kappa shape index (κ2) is 8.43. The van der Waals surface area contributed by atoms with E-state index in [9.17, 15) is 27.6 Å². The Labute approximate surface area is 195 Å². The van der Waals surface area contributed by atoms with Crippen molar-refractivity contribution in [2.24, 2.45) is 7.05 Å². The highest BCUT2D eigenvalue weighted by atomic mass is 79.9. The Morgan fingerprint density at radius 3 is 2.76 bits per heavy atom. The number of anilines is 1. The number of carbonyl (C=O) groups is 2. The first-order valence-corrected chi connectivity index (χ1v) is 11.0. The highest BCUT2D eigenvalue weighted by molar-refractivity contribution is 9.10. The predicted octanol–water partition coefficient (Wildman–Crippen LogP) is 1.83. The zero-order chi connectivity index (χ0) is 24.1. The van der Waals surface area contributed by atoms with Gasteiger partial charge in [-0.3, -0.25) is 14.5 Å². The summed E-state index contributed by atoms with van der Waals surface area (Å²) in [4.78, 5) is 41.6. The van der Waals surface area contributed by atoms with Gasteiger partial charge in [0.25, 0.3) is 5.56 Å². The first-order valence-electron chi connectivity index (χ1n) is 10.2. The smallest absolute Gasteiger partial charge is 0.366 e. The lowest BCUT2D eigenvalue weighted by Gasteiger charge is -2.41. The van der Waals surface area contributed by atoms with Gasteiger partial charge in [-0.1, -0.05) is 6.08 Å². The fraction of sp³-hybridized carbons (Fsp3) is 0.450. The lowest BCUT2D eigenvalue weighted by atomic mass is 10.1. The van der Waals surface area contributed by atoms with E-state index in [4.69, 9.17) is 0 Å². The number of allylic oxidation sites excluding steroid dienone is 1. The quantitative estimate of drug-likeness (QED) is 0.553. The van der Waals surface area contributed by atoms with Gasteiger partial charge in [0.15, 0.2) is 0 Å². The third-order valence-electron chi connectivity index (χ3n) is 5.83. The average Bonchev–Trinajstić information content (AvgIpc) is 3.14. The molecule has 1 saturated heterocycles. The second-order valence-electron chi connectivity index (χ2n) is 8.16. The van der Waals surface area contributed by atoms with Crippen LogP contribution in [0.1, 0.15) is 13.3 Å². The summed E-state index contributed by atoms with van der Waals surface area (Å²) in [6, 6.07) is -2.43. The van der Waals surface area contributed by atoms with Gasteiger partial charge in [-0.15, -0.1) is 0 Å². The van der Waals surface area contributed by atoms with Crippen LogP contribution in [0.2, 0.25) is 0 Å². The van der Waals surface area contributed by atoms with Gasteiger partial charge in [0, 0.05) is 30.8 Å². The zero-order valence-corrected chi connectivity index (χ0v) is 19.3. The fourth-order valence-electron chi connectivity index (χ4n) is 4.08. The number of amides is 3. The molecule has 3 aliphatic heterocycles. The molecule has 0 aliphatic carbocycles. The molecule has 3 amide bonds. The van der Waals surface area contributed by atoms with E-state index in [2.05, 4.69) is 26.6 Å². The second-order valence-corrected chi connectivity index (χ2v) is 9.08. The number of fused-ring (bicyclic) bond motifs is 3. The lowest BCUT2D eigenvalue weighted by molar-refractivity contribution is -0.158. The largest absolute Gasteiger partial charge is 0.408 e. The van der Waals surface area contributed by atoms with Gasteiger partial charge < -0.3 is 25.4 Å². The Kier molecular flexibility index (Phi) is 5.93. The number of carbonyl (C=O) groups excluding carboxylic acids is 2. The third kappa shape index (κ3) is 4.45. The van der Waals surface area contributed by atoms with Gasteiger partial charge in [-0.25, -0.2) is 4.79 Å². The molecular weight excluding hydrogens is 509 g/mol. The molecule has 3 aliphatic rings. The van der Waals surface area contributed by atoms with Crippen LogP contribution in [0.15, 0.2) is 45.2 Å². The highest BCUT2D eigenvalue weighted by Gasteiger charge is 2.43.